The maximum absolute atomic E-state index is 12.1. The summed E-state index contributed by atoms with van der Waals surface area (Å²) in [5.74, 6) is -1.14. The Hall–Kier alpha value is -2.30. The summed E-state index contributed by atoms with van der Waals surface area (Å²) in [6, 6.07) is 11.0. The van der Waals surface area contributed by atoms with Crippen molar-refractivity contribution in [2.45, 2.75) is 19.3 Å². The first-order valence-electron chi connectivity index (χ1n) is 6.53. The molecular weight excluding hydrogens is 288 g/mol. The highest BCUT2D eigenvalue weighted by Crippen LogP contribution is 2.49. The minimum absolute atomic E-state index is 0.200. The summed E-state index contributed by atoms with van der Waals surface area (Å²) < 4.78 is 5.03. The summed E-state index contributed by atoms with van der Waals surface area (Å²) >= 11 is 5.99. The van der Waals surface area contributed by atoms with Crippen LogP contribution in [0.15, 0.2) is 35.9 Å². The van der Waals surface area contributed by atoms with Crippen molar-refractivity contribution in [3.63, 3.8) is 0 Å². The van der Waals surface area contributed by atoms with Gasteiger partial charge in [0, 0.05) is 16.5 Å². The molecule has 5 heteroatoms. The first-order valence-corrected chi connectivity index (χ1v) is 6.91. The number of carbonyl (C=O) groups is 1. The molecule has 0 heterocycles. The van der Waals surface area contributed by atoms with E-state index in [1.807, 2.05) is 0 Å². The maximum atomic E-state index is 12.1. The molecule has 0 aromatic heterocycles. The molecule has 0 amide bonds. The Kier molecular flexibility index (Phi) is 4.31. The molecule has 1 atom stereocenters. The molecule has 0 radical (unpaired) electrons. The quantitative estimate of drug-likeness (QED) is 0.802. The number of nitrogens with zero attached hydrogens (tertiary/aromatic N) is 2. The number of nitriles is 2. The molecule has 1 aromatic carbocycles. The van der Waals surface area contributed by atoms with Crippen LogP contribution in [0.3, 0.4) is 0 Å². The second-order valence-corrected chi connectivity index (χ2v) is 5.20. The van der Waals surface area contributed by atoms with E-state index < -0.39 is 17.3 Å². The van der Waals surface area contributed by atoms with E-state index in [-0.39, 0.29) is 13.0 Å². The van der Waals surface area contributed by atoms with Gasteiger partial charge in [-0.15, -0.1) is 0 Å². The fourth-order valence-electron chi connectivity index (χ4n) is 2.58. The Balaban J connectivity index is 2.52. The van der Waals surface area contributed by atoms with E-state index in [1.165, 1.54) is 0 Å². The molecule has 106 valence electrons. The van der Waals surface area contributed by atoms with Gasteiger partial charge in [-0.05, 0) is 31.0 Å². The van der Waals surface area contributed by atoms with Crippen LogP contribution < -0.4 is 0 Å². The first kappa shape index (κ1) is 15.1. The van der Waals surface area contributed by atoms with Crippen LogP contribution in [0.5, 0.6) is 0 Å². The fourth-order valence-corrected chi connectivity index (χ4v) is 2.78. The molecular formula is C16H13ClN2O2. The van der Waals surface area contributed by atoms with Crippen molar-refractivity contribution < 1.29 is 9.53 Å². The highest BCUT2D eigenvalue weighted by molar-refractivity contribution is 6.30. The molecule has 0 N–H and O–H groups in total. The van der Waals surface area contributed by atoms with Crippen LogP contribution in [-0.4, -0.2) is 12.6 Å². The van der Waals surface area contributed by atoms with Gasteiger partial charge in [0.05, 0.1) is 18.7 Å². The summed E-state index contributed by atoms with van der Waals surface area (Å²) in [6.07, 6.45) is 1.82. The smallest absolute Gasteiger partial charge is 0.334 e. The van der Waals surface area contributed by atoms with Crippen LogP contribution in [0.25, 0.3) is 0 Å². The molecule has 1 aliphatic carbocycles. The predicted octanol–water partition coefficient (Wildman–Crippen LogP) is 3.35. The Morgan fingerprint density at radius 1 is 1.48 bits per heavy atom. The number of ether oxygens (including phenoxy) is 1. The summed E-state index contributed by atoms with van der Waals surface area (Å²) in [4.78, 5) is 12.1. The molecule has 0 unspecified atom stereocenters. The minimum Gasteiger partial charge on any atom is -0.463 e. The van der Waals surface area contributed by atoms with E-state index in [4.69, 9.17) is 16.3 Å². The zero-order chi connectivity index (χ0) is 15.5. The second-order valence-electron chi connectivity index (χ2n) is 4.77. The van der Waals surface area contributed by atoms with Gasteiger partial charge in [0.15, 0.2) is 5.41 Å². The zero-order valence-electron chi connectivity index (χ0n) is 11.5. The van der Waals surface area contributed by atoms with E-state index >= 15 is 0 Å². The molecule has 0 fully saturated rings. The lowest BCUT2D eigenvalue weighted by atomic mass is 9.73. The SMILES string of the molecule is CCOC(=O)C1=CCC(C#N)(C#N)[C@@H]1c1cccc(Cl)c1. The first-order chi connectivity index (χ1) is 10.1. The van der Waals surface area contributed by atoms with Gasteiger partial charge in [-0.25, -0.2) is 4.79 Å². The molecule has 21 heavy (non-hydrogen) atoms. The molecule has 1 aromatic rings. The minimum atomic E-state index is -1.30. The van der Waals surface area contributed by atoms with Crippen LogP contribution in [0.4, 0.5) is 0 Å². The van der Waals surface area contributed by atoms with Crippen molar-refractivity contribution in [3.05, 3.63) is 46.5 Å². The largest absolute Gasteiger partial charge is 0.463 e. The summed E-state index contributed by atoms with van der Waals surface area (Å²) in [7, 11) is 0. The molecule has 0 saturated carbocycles. The average molecular weight is 301 g/mol. The molecule has 0 bridgehead atoms. The highest BCUT2D eigenvalue weighted by atomic mass is 35.5. The number of esters is 1. The Morgan fingerprint density at radius 2 is 2.19 bits per heavy atom. The Bertz CT molecular complexity index is 668. The van der Waals surface area contributed by atoms with Crippen molar-refractivity contribution in [2.75, 3.05) is 6.61 Å². The third-order valence-corrected chi connectivity index (χ3v) is 3.78. The van der Waals surface area contributed by atoms with Gasteiger partial charge in [0.2, 0.25) is 0 Å². The topological polar surface area (TPSA) is 73.9 Å². The van der Waals surface area contributed by atoms with Crippen molar-refractivity contribution in [1.82, 2.24) is 0 Å². The van der Waals surface area contributed by atoms with E-state index in [2.05, 4.69) is 12.1 Å². The molecule has 4 nitrogen and oxygen atoms in total. The van der Waals surface area contributed by atoms with Crippen molar-refractivity contribution in [2.24, 2.45) is 5.41 Å². The standard InChI is InChI=1S/C16H13ClN2O2/c1-2-21-15(20)13-6-7-16(9-18,10-19)14(13)11-4-3-5-12(17)8-11/h3-6,8,14H,2,7H2,1H3/t14-/m1/s1. The third kappa shape index (κ3) is 2.63. The van der Waals surface area contributed by atoms with E-state index in [1.54, 1.807) is 37.3 Å². The maximum Gasteiger partial charge on any atom is 0.334 e. The van der Waals surface area contributed by atoms with Gasteiger partial charge in [-0.2, -0.15) is 10.5 Å². The highest BCUT2D eigenvalue weighted by Gasteiger charge is 2.48. The summed E-state index contributed by atoms with van der Waals surface area (Å²) in [6.45, 7) is 1.95. The molecule has 0 spiro atoms. The van der Waals surface area contributed by atoms with Gasteiger partial charge in [-0.3, -0.25) is 0 Å². The number of rotatable bonds is 3. The number of benzene rings is 1. The van der Waals surface area contributed by atoms with Gasteiger partial charge in [0.25, 0.3) is 0 Å². The van der Waals surface area contributed by atoms with Crippen molar-refractivity contribution in [1.29, 1.82) is 10.5 Å². The lowest BCUT2D eigenvalue weighted by molar-refractivity contribution is -0.138. The van der Waals surface area contributed by atoms with Crippen LogP contribution in [0, 0.1) is 28.1 Å². The molecule has 2 rings (SSSR count). The van der Waals surface area contributed by atoms with E-state index in [0.717, 1.165) is 0 Å². The summed E-state index contributed by atoms with van der Waals surface area (Å²) in [5.41, 5.74) is -0.281. The molecule has 1 aliphatic rings. The lowest BCUT2D eigenvalue weighted by Gasteiger charge is -2.24. The number of halogens is 1. The van der Waals surface area contributed by atoms with Gasteiger partial charge in [-0.1, -0.05) is 29.8 Å². The number of hydrogen-bond donors (Lipinski definition) is 0. The number of allylic oxidation sites excluding steroid dienone is 1. The van der Waals surface area contributed by atoms with Gasteiger partial charge >= 0.3 is 5.97 Å². The van der Waals surface area contributed by atoms with E-state index in [0.29, 0.717) is 16.2 Å². The number of carbonyl (C=O) groups excluding carboxylic acids is 1. The van der Waals surface area contributed by atoms with Crippen LogP contribution in [0.1, 0.15) is 24.8 Å². The monoisotopic (exact) mass is 300 g/mol. The van der Waals surface area contributed by atoms with E-state index in [9.17, 15) is 15.3 Å². The average Bonchev–Trinajstić information content (AvgIpc) is 2.87. The van der Waals surface area contributed by atoms with Crippen LogP contribution in [0.2, 0.25) is 5.02 Å². The normalized spacial score (nSPS) is 19.2. The second kappa shape index (κ2) is 5.99. The zero-order valence-corrected chi connectivity index (χ0v) is 12.2. The Morgan fingerprint density at radius 3 is 2.76 bits per heavy atom. The fraction of sp³-hybridized carbons (Fsp3) is 0.312. The van der Waals surface area contributed by atoms with Crippen LogP contribution in [-0.2, 0) is 9.53 Å². The molecule has 0 aliphatic heterocycles. The molecule has 0 saturated heterocycles. The van der Waals surface area contributed by atoms with Crippen molar-refractivity contribution in [3.8, 4) is 12.1 Å². The van der Waals surface area contributed by atoms with Crippen molar-refractivity contribution >= 4 is 17.6 Å². The summed E-state index contributed by atoms with van der Waals surface area (Å²) in [5, 5.41) is 19.4. The van der Waals surface area contributed by atoms with Crippen LogP contribution >= 0.6 is 11.6 Å². The lowest BCUT2D eigenvalue weighted by Crippen LogP contribution is -2.25. The third-order valence-electron chi connectivity index (χ3n) is 3.54. The number of hydrogen-bond acceptors (Lipinski definition) is 4. The Labute approximate surface area is 128 Å². The van der Waals surface area contributed by atoms with Gasteiger partial charge < -0.3 is 4.74 Å². The van der Waals surface area contributed by atoms with Gasteiger partial charge in [0.1, 0.15) is 0 Å². The predicted molar refractivity (Wildman–Crippen MR) is 77.2 cm³/mol.